The van der Waals surface area contributed by atoms with Crippen LogP contribution in [0, 0.1) is 5.92 Å². The van der Waals surface area contributed by atoms with E-state index in [4.69, 9.17) is 14.2 Å². The number of H-pyrrole nitrogens is 1. The van der Waals surface area contributed by atoms with E-state index in [0.29, 0.717) is 28.6 Å². The summed E-state index contributed by atoms with van der Waals surface area (Å²) in [7, 11) is 4.70. The maximum absolute atomic E-state index is 12.2. The third kappa shape index (κ3) is 3.26. The molecule has 134 valence electrons. The third-order valence-electron chi connectivity index (χ3n) is 4.33. The molecule has 1 aromatic carbocycles. The van der Waals surface area contributed by atoms with E-state index in [1.54, 1.807) is 21.3 Å². The number of hydrogen-bond donors (Lipinski definition) is 2. The standard InChI is InChI=1S/C18H23N3O4/c1-5-12-16(19-18(22)10-6-7-10)15(21-20-12)11-8-13(23-2)17(25-4)14(9-11)24-3/h8-10H,5-7H2,1-4H3,(H,19,22)(H,20,21). The summed E-state index contributed by atoms with van der Waals surface area (Å²) >= 11 is 0. The number of aromatic nitrogens is 2. The monoisotopic (exact) mass is 345 g/mol. The van der Waals surface area contributed by atoms with Crippen LogP contribution >= 0.6 is 0 Å². The van der Waals surface area contributed by atoms with Crippen LogP contribution in [0.15, 0.2) is 12.1 Å². The van der Waals surface area contributed by atoms with Gasteiger partial charge in [-0.05, 0) is 31.4 Å². The lowest BCUT2D eigenvalue weighted by atomic mass is 10.1. The van der Waals surface area contributed by atoms with Gasteiger partial charge in [-0.3, -0.25) is 9.89 Å². The number of nitrogens with zero attached hydrogens (tertiary/aromatic N) is 1. The fourth-order valence-corrected chi connectivity index (χ4v) is 2.77. The van der Waals surface area contributed by atoms with Gasteiger partial charge in [0.05, 0.1) is 32.7 Å². The summed E-state index contributed by atoms with van der Waals surface area (Å²) in [6.07, 6.45) is 2.63. The Morgan fingerprint density at radius 2 is 1.84 bits per heavy atom. The summed E-state index contributed by atoms with van der Waals surface area (Å²) in [5, 5.41) is 10.4. The summed E-state index contributed by atoms with van der Waals surface area (Å²) in [6.45, 7) is 2.01. The summed E-state index contributed by atoms with van der Waals surface area (Å²) in [5.74, 6) is 1.76. The van der Waals surface area contributed by atoms with Crippen LogP contribution in [0.1, 0.15) is 25.5 Å². The summed E-state index contributed by atoms with van der Waals surface area (Å²) in [5.41, 5.74) is 3.04. The zero-order valence-corrected chi connectivity index (χ0v) is 14.9. The minimum Gasteiger partial charge on any atom is -0.493 e. The van der Waals surface area contributed by atoms with E-state index < -0.39 is 0 Å². The van der Waals surface area contributed by atoms with Crippen molar-refractivity contribution in [2.75, 3.05) is 26.6 Å². The van der Waals surface area contributed by atoms with Crippen molar-refractivity contribution in [2.45, 2.75) is 26.2 Å². The number of nitrogens with one attached hydrogen (secondary N) is 2. The molecule has 0 bridgehead atoms. The molecule has 0 unspecified atom stereocenters. The molecule has 1 saturated carbocycles. The molecule has 0 atom stereocenters. The van der Waals surface area contributed by atoms with E-state index in [9.17, 15) is 4.79 Å². The highest BCUT2D eigenvalue weighted by atomic mass is 16.5. The number of benzene rings is 1. The molecule has 2 N–H and O–H groups in total. The SMILES string of the molecule is CCc1[nH]nc(-c2cc(OC)c(OC)c(OC)c2)c1NC(=O)C1CC1. The highest BCUT2D eigenvalue weighted by Crippen LogP contribution is 2.43. The molecule has 1 heterocycles. The van der Waals surface area contributed by atoms with Gasteiger partial charge in [-0.1, -0.05) is 6.92 Å². The van der Waals surface area contributed by atoms with E-state index in [2.05, 4.69) is 15.5 Å². The second kappa shape index (κ2) is 7.04. The molecule has 1 amide bonds. The number of aryl methyl sites for hydroxylation is 1. The molecule has 1 aliphatic rings. The van der Waals surface area contributed by atoms with E-state index >= 15 is 0 Å². The van der Waals surface area contributed by atoms with Gasteiger partial charge in [-0.25, -0.2) is 0 Å². The minimum atomic E-state index is 0.0461. The van der Waals surface area contributed by atoms with E-state index in [1.807, 2.05) is 19.1 Å². The minimum absolute atomic E-state index is 0.0461. The van der Waals surface area contributed by atoms with E-state index in [-0.39, 0.29) is 11.8 Å². The van der Waals surface area contributed by atoms with E-state index in [1.165, 1.54) is 0 Å². The first-order chi connectivity index (χ1) is 12.1. The predicted molar refractivity (Wildman–Crippen MR) is 94.4 cm³/mol. The number of rotatable bonds is 7. The molecule has 1 aliphatic carbocycles. The number of carbonyl (C=O) groups excluding carboxylic acids is 1. The average molecular weight is 345 g/mol. The number of ether oxygens (including phenoxy) is 3. The zero-order chi connectivity index (χ0) is 18.0. The van der Waals surface area contributed by atoms with Gasteiger partial charge in [0, 0.05) is 11.5 Å². The molecular formula is C18H23N3O4. The topological polar surface area (TPSA) is 85.5 Å². The molecule has 7 nitrogen and oxygen atoms in total. The van der Waals surface area contributed by atoms with Gasteiger partial charge in [0.2, 0.25) is 11.7 Å². The van der Waals surface area contributed by atoms with Gasteiger partial charge in [0.1, 0.15) is 5.69 Å². The second-order valence-corrected chi connectivity index (χ2v) is 5.96. The van der Waals surface area contributed by atoms with Crippen molar-refractivity contribution in [2.24, 2.45) is 5.92 Å². The van der Waals surface area contributed by atoms with Crippen molar-refractivity contribution in [3.05, 3.63) is 17.8 Å². The first-order valence-electron chi connectivity index (χ1n) is 8.31. The molecule has 0 aliphatic heterocycles. The fourth-order valence-electron chi connectivity index (χ4n) is 2.77. The van der Waals surface area contributed by atoms with Gasteiger partial charge in [0.15, 0.2) is 11.5 Å². The Hall–Kier alpha value is -2.70. The molecule has 3 rings (SSSR count). The number of amides is 1. The van der Waals surface area contributed by atoms with Crippen LogP contribution in [0.3, 0.4) is 0 Å². The van der Waals surface area contributed by atoms with E-state index in [0.717, 1.165) is 30.5 Å². The Kier molecular flexibility index (Phi) is 4.83. The van der Waals surface area contributed by atoms with Gasteiger partial charge in [-0.15, -0.1) is 0 Å². The van der Waals surface area contributed by atoms with Gasteiger partial charge >= 0.3 is 0 Å². The quantitative estimate of drug-likeness (QED) is 0.806. The number of anilines is 1. The zero-order valence-electron chi connectivity index (χ0n) is 14.9. The number of methoxy groups -OCH3 is 3. The van der Waals surface area contributed by atoms with Crippen molar-refractivity contribution in [1.29, 1.82) is 0 Å². The summed E-state index contributed by atoms with van der Waals surface area (Å²) in [4.78, 5) is 12.2. The van der Waals surface area contributed by atoms with Crippen LogP contribution in [0.5, 0.6) is 17.2 Å². The Morgan fingerprint density at radius 1 is 1.20 bits per heavy atom. The lowest BCUT2D eigenvalue weighted by Crippen LogP contribution is -2.14. The van der Waals surface area contributed by atoms with Crippen LogP contribution in [0.4, 0.5) is 5.69 Å². The molecule has 0 radical (unpaired) electrons. The summed E-state index contributed by atoms with van der Waals surface area (Å²) < 4.78 is 16.2. The lowest BCUT2D eigenvalue weighted by molar-refractivity contribution is -0.117. The highest BCUT2D eigenvalue weighted by molar-refractivity contribution is 5.98. The van der Waals surface area contributed by atoms with Crippen molar-refractivity contribution in [1.82, 2.24) is 10.2 Å². The van der Waals surface area contributed by atoms with Crippen LogP contribution in [-0.2, 0) is 11.2 Å². The number of carbonyl (C=O) groups is 1. The van der Waals surface area contributed by atoms with Crippen molar-refractivity contribution >= 4 is 11.6 Å². The first kappa shape index (κ1) is 17.1. The maximum atomic E-state index is 12.2. The molecule has 1 fully saturated rings. The van der Waals surface area contributed by atoms with Crippen LogP contribution in [0.2, 0.25) is 0 Å². The lowest BCUT2D eigenvalue weighted by Gasteiger charge is -2.14. The van der Waals surface area contributed by atoms with Crippen LogP contribution < -0.4 is 19.5 Å². The number of aromatic amines is 1. The molecule has 7 heteroatoms. The predicted octanol–water partition coefficient (Wildman–Crippen LogP) is 3.01. The molecule has 0 spiro atoms. The Labute approximate surface area is 146 Å². The highest BCUT2D eigenvalue weighted by Gasteiger charge is 2.31. The maximum Gasteiger partial charge on any atom is 0.227 e. The second-order valence-electron chi connectivity index (χ2n) is 5.96. The third-order valence-corrected chi connectivity index (χ3v) is 4.33. The normalized spacial score (nSPS) is 13.4. The molecule has 25 heavy (non-hydrogen) atoms. The van der Waals surface area contributed by atoms with Crippen molar-refractivity contribution in [3.8, 4) is 28.5 Å². The first-order valence-corrected chi connectivity index (χ1v) is 8.31. The van der Waals surface area contributed by atoms with Gasteiger partial charge in [-0.2, -0.15) is 5.10 Å². The molecular weight excluding hydrogens is 322 g/mol. The van der Waals surface area contributed by atoms with Crippen LogP contribution in [-0.4, -0.2) is 37.4 Å². The Balaban J connectivity index is 2.06. The molecule has 2 aromatic rings. The number of hydrogen-bond acceptors (Lipinski definition) is 5. The van der Waals surface area contributed by atoms with Crippen LogP contribution in [0.25, 0.3) is 11.3 Å². The summed E-state index contributed by atoms with van der Waals surface area (Å²) in [6, 6.07) is 3.65. The van der Waals surface area contributed by atoms with Crippen molar-refractivity contribution in [3.63, 3.8) is 0 Å². The average Bonchev–Trinajstić information content (AvgIpc) is 3.42. The molecule has 1 aromatic heterocycles. The fraction of sp³-hybridized carbons (Fsp3) is 0.444. The van der Waals surface area contributed by atoms with Gasteiger partial charge < -0.3 is 19.5 Å². The molecule has 0 saturated heterocycles. The smallest absolute Gasteiger partial charge is 0.227 e. The Bertz CT molecular complexity index is 756. The van der Waals surface area contributed by atoms with Gasteiger partial charge in [0.25, 0.3) is 0 Å². The largest absolute Gasteiger partial charge is 0.493 e. The Morgan fingerprint density at radius 3 is 2.32 bits per heavy atom. The van der Waals surface area contributed by atoms with Crippen molar-refractivity contribution < 1.29 is 19.0 Å².